The molecule has 4 atom stereocenters. The molecule has 1 aromatic heterocycles. The first-order valence-corrected chi connectivity index (χ1v) is 11.8. The fraction of sp³-hybridized carbons (Fsp3) is 0.375. The number of carbonyl (C=O) groups excluding carboxylic acids is 3. The summed E-state index contributed by atoms with van der Waals surface area (Å²) >= 11 is 0. The molecule has 0 aliphatic rings. The average molecular weight is 547 g/mol. The van der Waals surface area contributed by atoms with Crippen LogP contribution in [0.5, 0.6) is 0 Å². The molecule has 0 bridgehead atoms. The van der Waals surface area contributed by atoms with Gasteiger partial charge in [0.2, 0.25) is 17.7 Å². The van der Waals surface area contributed by atoms with Gasteiger partial charge in [-0.25, -0.2) is 9.78 Å². The second kappa shape index (κ2) is 14.8. The van der Waals surface area contributed by atoms with Crippen LogP contribution in [0.2, 0.25) is 0 Å². The summed E-state index contributed by atoms with van der Waals surface area (Å²) in [6, 6.07) is 2.58. The van der Waals surface area contributed by atoms with Gasteiger partial charge in [-0.2, -0.15) is 0 Å². The number of nitrogens with one attached hydrogen (secondary N) is 4. The Kier molecular flexibility index (Phi) is 11.6. The number of amides is 3. The molecular weight excluding hydrogens is 516 g/mol. The lowest BCUT2D eigenvalue weighted by molar-refractivity contribution is -0.143. The van der Waals surface area contributed by atoms with Gasteiger partial charge in [0.05, 0.1) is 18.8 Å². The Morgan fingerprint density at radius 2 is 1.44 bits per heavy atom. The van der Waals surface area contributed by atoms with Crippen LogP contribution >= 0.6 is 0 Å². The molecule has 15 nitrogen and oxygen atoms in total. The van der Waals surface area contributed by atoms with Crippen LogP contribution in [-0.2, 0) is 41.6 Å². The predicted octanol–water partition coefficient (Wildman–Crippen LogP) is -1.60. The van der Waals surface area contributed by atoms with Gasteiger partial charge in [0.1, 0.15) is 18.1 Å². The van der Waals surface area contributed by atoms with Crippen LogP contribution in [0, 0.1) is 0 Å². The third kappa shape index (κ3) is 10.6. The topological polar surface area (TPSA) is 254 Å². The summed E-state index contributed by atoms with van der Waals surface area (Å²) < 4.78 is 0. The minimum absolute atomic E-state index is 0.0289. The molecule has 9 N–H and O–H groups in total. The fourth-order valence-corrected chi connectivity index (χ4v) is 3.52. The number of carbonyl (C=O) groups is 6. The van der Waals surface area contributed by atoms with E-state index in [0.717, 1.165) is 0 Å². The number of aliphatic carboxylic acids is 3. The maximum Gasteiger partial charge on any atom is 0.326 e. The van der Waals surface area contributed by atoms with E-state index >= 15 is 0 Å². The Morgan fingerprint density at radius 3 is 2.00 bits per heavy atom. The van der Waals surface area contributed by atoms with Crippen molar-refractivity contribution in [1.29, 1.82) is 0 Å². The van der Waals surface area contributed by atoms with E-state index in [0.29, 0.717) is 11.3 Å². The van der Waals surface area contributed by atoms with Crippen molar-refractivity contribution >= 4 is 35.6 Å². The molecule has 1 heterocycles. The van der Waals surface area contributed by atoms with Gasteiger partial charge in [0, 0.05) is 31.2 Å². The summed E-state index contributed by atoms with van der Waals surface area (Å²) in [4.78, 5) is 79.2. The summed E-state index contributed by atoms with van der Waals surface area (Å²) in [5.74, 6) is -7.07. The van der Waals surface area contributed by atoms with Crippen molar-refractivity contribution < 1.29 is 44.1 Å². The molecule has 39 heavy (non-hydrogen) atoms. The van der Waals surface area contributed by atoms with Gasteiger partial charge in [0.15, 0.2) is 0 Å². The predicted molar refractivity (Wildman–Crippen MR) is 133 cm³/mol. The first-order chi connectivity index (χ1) is 18.5. The minimum Gasteiger partial charge on any atom is -0.481 e. The van der Waals surface area contributed by atoms with Crippen LogP contribution in [0.15, 0.2) is 42.9 Å². The SMILES string of the molecule is NC(Cc1cnc[nH]1)C(=O)NC(CCC(=O)O)C(=O)NC(CC(=O)O)C(=O)NC(Cc1ccccc1)C(=O)O. The third-order valence-corrected chi connectivity index (χ3v) is 5.52. The maximum atomic E-state index is 13.0. The third-order valence-electron chi connectivity index (χ3n) is 5.52. The molecule has 0 radical (unpaired) electrons. The number of aromatic nitrogens is 2. The van der Waals surface area contributed by atoms with Crippen molar-refractivity contribution in [1.82, 2.24) is 25.9 Å². The zero-order valence-electron chi connectivity index (χ0n) is 20.7. The molecule has 4 unspecified atom stereocenters. The molecular formula is C24H30N6O9. The zero-order chi connectivity index (χ0) is 28.9. The molecule has 0 aliphatic heterocycles. The van der Waals surface area contributed by atoms with Crippen molar-refractivity contribution in [2.24, 2.45) is 5.73 Å². The number of nitrogens with two attached hydrogens (primary N) is 1. The Labute approximate surface area is 222 Å². The molecule has 1 aromatic carbocycles. The van der Waals surface area contributed by atoms with Gasteiger partial charge in [-0.3, -0.25) is 24.0 Å². The number of carboxylic acid groups (broad SMARTS) is 3. The number of hydrogen-bond acceptors (Lipinski definition) is 8. The quantitative estimate of drug-likeness (QED) is 0.119. The average Bonchev–Trinajstić information content (AvgIpc) is 3.38. The van der Waals surface area contributed by atoms with Gasteiger partial charge < -0.3 is 42.0 Å². The molecule has 0 saturated carbocycles. The number of benzene rings is 1. The van der Waals surface area contributed by atoms with Crippen molar-refractivity contribution in [3.63, 3.8) is 0 Å². The second-order valence-electron chi connectivity index (χ2n) is 8.63. The smallest absolute Gasteiger partial charge is 0.326 e. The first-order valence-electron chi connectivity index (χ1n) is 11.8. The lowest BCUT2D eigenvalue weighted by Crippen LogP contribution is -2.57. The molecule has 0 spiro atoms. The highest BCUT2D eigenvalue weighted by molar-refractivity contribution is 5.95. The van der Waals surface area contributed by atoms with E-state index in [1.807, 2.05) is 0 Å². The highest BCUT2D eigenvalue weighted by Gasteiger charge is 2.32. The molecule has 0 aliphatic carbocycles. The van der Waals surface area contributed by atoms with Gasteiger partial charge in [-0.1, -0.05) is 30.3 Å². The molecule has 2 rings (SSSR count). The van der Waals surface area contributed by atoms with Crippen LogP contribution in [0.3, 0.4) is 0 Å². The molecule has 0 saturated heterocycles. The van der Waals surface area contributed by atoms with Crippen LogP contribution in [0.25, 0.3) is 0 Å². The van der Waals surface area contributed by atoms with Crippen LogP contribution < -0.4 is 21.7 Å². The number of carboxylic acids is 3. The molecule has 2 aromatic rings. The Morgan fingerprint density at radius 1 is 0.821 bits per heavy atom. The van der Waals surface area contributed by atoms with E-state index in [1.54, 1.807) is 30.3 Å². The number of rotatable bonds is 16. The fourth-order valence-electron chi connectivity index (χ4n) is 3.52. The number of nitrogens with zero attached hydrogens (tertiary/aromatic N) is 1. The van der Waals surface area contributed by atoms with Crippen LogP contribution in [0.4, 0.5) is 0 Å². The monoisotopic (exact) mass is 546 g/mol. The largest absolute Gasteiger partial charge is 0.481 e. The van der Waals surface area contributed by atoms with E-state index < -0.39 is 79.1 Å². The normalized spacial score (nSPS) is 13.8. The molecule has 210 valence electrons. The zero-order valence-corrected chi connectivity index (χ0v) is 20.7. The van der Waals surface area contributed by atoms with E-state index in [1.165, 1.54) is 12.5 Å². The summed E-state index contributed by atoms with van der Waals surface area (Å²) in [6.45, 7) is 0. The Hall–Kier alpha value is -4.79. The van der Waals surface area contributed by atoms with Crippen molar-refractivity contribution in [2.75, 3.05) is 0 Å². The first kappa shape index (κ1) is 30.4. The maximum absolute atomic E-state index is 13.0. The standard InChI is InChI=1S/C24H30N6O9/c25-15(9-14-11-26-12-27-14)21(35)28-16(6-7-19(31)32)22(36)29-17(10-20(33)34)23(37)30-18(24(38)39)8-13-4-2-1-3-5-13/h1-5,11-12,15-18H,6-10,25H2,(H,26,27)(H,28,35)(H,29,36)(H,30,37)(H,31,32)(H,33,34)(H,38,39). The minimum atomic E-state index is -1.73. The van der Waals surface area contributed by atoms with E-state index in [2.05, 4.69) is 25.9 Å². The van der Waals surface area contributed by atoms with E-state index in [-0.39, 0.29) is 12.8 Å². The number of imidazole rings is 1. The summed E-state index contributed by atoms with van der Waals surface area (Å²) in [6.07, 6.45) is 0.903. The molecule has 15 heteroatoms. The summed E-state index contributed by atoms with van der Waals surface area (Å²) in [5.41, 5.74) is 6.99. The molecule has 3 amide bonds. The number of hydrogen-bond donors (Lipinski definition) is 8. The highest BCUT2D eigenvalue weighted by Crippen LogP contribution is 2.06. The number of aromatic amines is 1. The van der Waals surface area contributed by atoms with Crippen LogP contribution in [0.1, 0.15) is 30.5 Å². The van der Waals surface area contributed by atoms with Crippen molar-refractivity contribution in [3.8, 4) is 0 Å². The second-order valence-corrected chi connectivity index (χ2v) is 8.63. The van der Waals surface area contributed by atoms with Crippen molar-refractivity contribution in [2.45, 2.75) is 56.3 Å². The van der Waals surface area contributed by atoms with Gasteiger partial charge in [-0.05, 0) is 12.0 Å². The summed E-state index contributed by atoms with van der Waals surface area (Å²) in [7, 11) is 0. The lowest BCUT2D eigenvalue weighted by atomic mass is 10.0. The van der Waals surface area contributed by atoms with Gasteiger partial charge in [0.25, 0.3) is 0 Å². The van der Waals surface area contributed by atoms with Crippen LogP contribution in [-0.4, -0.2) is 85.1 Å². The highest BCUT2D eigenvalue weighted by atomic mass is 16.4. The number of H-pyrrole nitrogens is 1. The Balaban J connectivity index is 2.14. The summed E-state index contributed by atoms with van der Waals surface area (Å²) in [5, 5.41) is 34.6. The molecule has 0 fully saturated rings. The van der Waals surface area contributed by atoms with E-state index in [9.17, 15) is 39.0 Å². The van der Waals surface area contributed by atoms with Gasteiger partial charge >= 0.3 is 17.9 Å². The Bertz CT molecular complexity index is 1160. The van der Waals surface area contributed by atoms with Gasteiger partial charge in [-0.15, -0.1) is 0 Å². The van der Waals surface area contributed by atoms with Crippen molar-refractivity contribution in [3.05, 3.63) is 54.1 Å². The lowest BCUT2D eigenvalue weighted by Gasteiger charge is -2.24. The van der Waals surface area contributed by atoms with E-state index in [4.69, 9.17) is 10.8 Å².